The summed E-state index contributed by atoms with van der Waals surface area (Å²) < 4.78 is 5.47. The molecule has 5 rings (SSSR count). The summed E-state index contributed by atoms with van der Waals surface area (Å²) in [5, 5.41) is 0. The molecule has 1 aromatic carbocycles. The highest BCUT2D eigenvalue weighted by Crippen LogP contribution is 2.36. The zero-order chi connectivity index (χ0) is 24.0. The van der Waals surface area contributed by atoms with Gasteiger partial charge in [0, 0.05) is 24.8 Å². The molecule has 3 heterocycles. The van der Waals surface area contributed by atoms with Gasteiger partial charge in [-0.25, -0.2) is 0 Å². The van der Waals surface area contributed by atoms with Crippen molar-refractivity contribution in [2.75, 3.05) is 19.6 Å². The molecule has 0 spiro atoms. The van der Waals surface area contributed by atoms with Crippen molar-refractivity contribution in [3.05, 3.63) is 95.7 Å². The summed E-state index contributed by atoms with van der Waals surface area (Å²) in [6, 6.07) is 20.8. The number of carbonyl (C=O) groups is 1. The third-order valence-corrected chi connectivity index (χ3v) is 7.28. The summed E-state index contributed by atoms with van der Waals surface area (Å²) >= 11 is 0. The van der Waals surface area contributed by atoms with Crippen molar-refractivity contribution in [1.82, 2.24) is 14.8 Å². The van der Waals surface area contributed by atoms with Crippen LogP contribution in [0.2, 0.25) is 0 Å². The summed E-state index contributed by atoms with van der Waals surface area (Å²) in [7, 11) is 0. The van der Waals surface area contributed by atoms with Crippen LogP contribution in [0, 0.1) is 5.92 Å². The van der Waals surface area contributed by atoms with Crippen molar-refractivity contribution < 1.29 is 9.21 Å². The Morgan fingerprint density at radius 1 is 1.06 bits per heavy atom. The van der Waals surface area contributed by atoms with Crippen LogP contribution in [0.3, 0.4) is 0 Å². The van der Waals surface area contributed by atoms with Crippen LogP contribution >= 0.6 is 0 Å². The molecule has 0 N–H and O–H groups in total. The van der Waals surface area contributed by atoms with Gasteiger partial charge >= 0.3 is 0 Å². The molecule has 5 nitrogen and oxygen atoms in total. The molecule has 0 bridgehead atoms. The minimum absolute atomic E-state index is 0.0914. The summed E-state index contributed by atoms with van der Waals surface area (Å²) in [6.07, 6.45) is 10.9. The van der Waals surface area contributed by atoms with Crippen molar-refractivity contribution in [2.45, 2.75) is 51.1 Å². The molecule has 1 aliphatic heterocycles. The first-order valence-electron chi connectivity index (χ1n) is 12.9. The van der Waals surface area contributed by atoms with Crippen LogP contribution in [0.25, 0.3) is 6.08 Å². The van der Waals surface area contributed by atoms with Gasteiger partial charge in [0.15, 0.2) is 0 Å². The van der Waals surface area contributed by atoms with Crippen molar-refractivity contribution in [2.24, 2.45) is 5.92 Å². The van der Waals surface area contributed by atoms with Gasteiger partial charge in [0.1, 0.15) is 11.5 Å². The fourth-order valence-electron chi connectivity index (χ4n) is 5.42. The highest BCUT2D eigenvalue weighted by atomic mass is 16.3. The molecule has 3 aromatic rings. The van der Waals surface area contributed by atoms with E-state index < -0.39 is 0 Å². The lowest BCUT2D eigenvalue weighted by molar-refractivity contribution is 0.0489. The summed E-state index contributed by atoms with van der Waals surface area (Å²) in [6.45, 7) is 5.23. The number of amides is 1. The van der Waals surface area contributed by atoms with Gasteiger partial charge in [-0.1, -0.05) is 42.0 Å². The van der Waals surface area contributed by atoms with E-state index in [1.54, 1.807) is 12.5 Å². The molecule has 1 amide bonds. The zero-order valence-electron chi connectivity index (χ0n) is 20.6. The average Bonchev–Trinajstić information content (AvgIpc) is 3.60. The highest BCUT2D eigenvalue weighted by Gasteiger charge is 2.41. The SMILES string of the molecule is C/C(=C\c1ccco1)CN1CCC([C@@H](Cc2ccccc2)N(C(=O)c2ccccn2)C2CC2)CC1. The third-order valence-electron chi connectivity index (χ3n) is 7.28. The molecule has 1 saturated heterocycles. The highest BCUT2D eigenvalue weighted by molar-refractivity contribution is 5.93. The Balaban J connectivity index is 1.31. The van der Waals surface area contributed by atoms with Crippen molar-refractivity contribution in [1.29, 1.82) is 0 Å². The van der Waals surface area contributed by atoms with Crippen LogP contribution in [0.4, 0.5) is 0 Å². The molecule has 0 radical (unpaired) electrons. The van der Waals surface area contributed by atoms with Crippen LogP contribution in [-0.4, -0.2) is 52.4 Å². The van der Waals surface area contributed by atoms with Crippen LogP contribution < -0.4 is 0 Å². The Morgan fingerprint density at radius 2 is 1.83 bits per heavy atom. The second-order valence-corrected chi connectivity index (χ2v) is 10.0. The summed E-state index contributed by atoms with van der Waals surface area (Å²) in [4.78, 5) is 22.8. The molecular weight excluding hydrogens is 434 g/mol. The second kappa shape index (κ2) is 11.0. The van der Waals surface area contributed by atoms with Gasteiger partial charge in [-0.05, 0) is 93.9 Å². The number of hydrogen-bond donors (Lipinski definition) is 0. The van der Waals surface area contributed by atoms with E-state index in [1.165, 1.54) is 11.1 Å². The van der Waals surface area contributed by atoms with Crippen molar-refractivity contribution in [3.8, 4) is 0 Å². The van der Waals surface area contributed by atoms with E-state index in [0.717, 1.165) is 57.5 Å². The van der Waals surface area contributed by atoms with Crippen LogP contribution in [0.5, 0.6) is 0 Å². The van der Waals surface area contributed by atoms with Gasteiger partial charge in [-0.15, -0.1) is 0 Å². The smallest absolute Gasteiger partial charge is 0.272 e. The van der Waals surface area contributed by atoms with E-state index in [-0.39, 0.29) is 11.9 Å². The van der Waals surface area contributed by atoms with E-state index >= 15 is 0 Å². The normalized spacial score (nSPS) is 18.4. The maximum Gasteiger partial charge on any atom is 0.272 e. The van der Waals surface area contributed by atoms with Gasteiger partial charge in [0.2, 0.25) is 0 Å². The minimum Gasteiger partial charge on any atom is -0.465 e. The largest absolute Gasteiger partial charge is 0.465 e. The first-order valence-corrected chi connectivity index (χ1v) is 12.9. The van der Waals surface area contributed by atoms with E-state index in [9.17, 15) is 4.79 Å². The Morgan fingerprint density at radius 3 is 2.49 bits per heavy atom. The fraction of sp³-hybridized carbons (Fsp3) is 0.400. The van der Waals surface area contributed by atoms with E-state index in [2.05, 4.69) is 58.1 Å². The number of nitrogens with zero attached hydrogens (tertiary/aromatic N) is 3. The number of piperidine rings is 1. The predicted molar refractivity (Wildman–Crippen MR) is 139 cm³/mol. The van der Waals surface area contributed by atoms with Gasteiger partial charge in [-0.3, -0.25) is 14.7 Å². The van der Waals surface area contributed by atoms with Gasteiger partial charge in [-0.2, -0.15) is 0 Å². The minimum atomic E-state index is 0.0914. The third kappa shape index (κ3) is 6.09. The molecule has 1 aliphatic carbocycles. The average molecular weight is 470 g/mol. The number of hydrogen-bond acceptors (Lipinski definition) is 4. The molecule has 1 saturated carbocycles. The molecular formula is C30H35N3O2. The predicted octanol–water partition coefficient (Wildman–Crippen LogP) is 5.71. The molecule has 182 valence electrons. The fourth-order valence-corrected chi connectivity index (χ4v) is 5.42. The quantitative estimate of drug-likeness (QED) is 0.403. The molecule has 0 unspecified atom stereocenters. The Labute approximate surface area is 208 Å². The maximum absolute atomic E-state index is 13.7. The summed E-state index contributed by atoms with van der Waals surface area (Å²) in [5.74, 6) is 1.48. The maximum atomic E-state index is 13.7. The first-order chi connectivity index (χ1) is 17.2. The van der Waals surface area contributed by atoms with Gasteiger partial charge in [0.05, 0.1) is 6.26 Å². The van der Waals surface area contributed by atoms with Crippen molar-refractivity contribution >= 4 is 12.0 Å². The van der Waals surface area contributed by atoms with Crippen LogP contribution in [0.1, 0.15) is 54.4 Å². The van der Waals surface area contributed by atoms with E-state index in [0.29, 0.717) is 17.7 Å². The molecule has 5 heteroatoms. The van der Waals surface area contributed by atoms with Crippen LogP contribution in [-0.2, 0) is 6.42 Å². The Kier molecular flexibility index (Phi) is 7.43. The molecule has 2 fully saturated rings. The molecule has 2 aromatic heterocycles. The molecule has 35 heavy (non-hydrogen) atoms. The standard InChI is InChI=1S/C30H35N3O2/c1-23(20-27-10-7-19-35-27)22-32-17-14-25(15-18-32)29(21-24-8-3-2-4-9-24)33(26-12-13-26)30(34)28-11-5-6-16-31-28/h2-11,16,19-20,25-26,29H,12-15,17-18,21-22H2,1H3/b23-20+/t29-/m1/s1. The lowest BCUT2D eigenvalue weighted by Crippen LogP contribution is -2.50. The Bertz CT molecular complexity index is 1100. The van der Waals surface area contributed by atoms with E-state index in [1.807, 2.05) is 30.3 Å². The first kappa shape index (κ1) is 23.6. The number of furan rings is 1. The summed E-state index contributed by atoms with van der Waals surface area (Å²) in [5.41, 5.74) is 3.18. The number of pyridine rings is 1. The number of carbonyl (C=O) groups excluding carboxylic acids is 1. The van der Waals surface area contributed by atoms with Gasteiger partial charge in [0.25, 0.3) is 5.91 Å². The number of benzene rings is 1. The van der Waals surface area contributed by atoms with E-state index in [4.69, 9.17) is 4.42 Å². The topological polar surface area (TPSA) is 49.6 Å². The Hall–Kier alpha value is -3.18. The zero-order valence-corrected chi connectivity index (χ0v) is 20.6. The van der Waals surface area contributed by atoms with Crippen molar-refractivity contribution in [3.63, 3.8) is 0 Å². The number of likely N-dealkylation sites (tertiary alicyclic amines) is 1. The molecule has 1 atom stereocenters. The number of aromatic nitrogens is 1. The number of rotatable bonds is 9. The lowest BCUT2D eigenvalue weighted by atomic mass is 9.84. The molecule has 2 aliphatic rings. The lowest BCUT2D eigenvalue weighted by Gasteiger charge is -2.42. The van der Waals surface area contributed by atoms with Gasteiger partial charge < -0.3 is 9.32 Å². The second-order valence-electron chi connectivity index (χ2n) is 10.0. The monoisotopic (exact) mass is 469 g/mol. The van der Waals surface area contributed by atoms with Crippen LogP contribution in [0.15, 0.2) is 83.1 Å².